The number of rotatable bonds is 4. The van der Waals surface area contributed by atoms with E-state index in [1.54, 1.807) is 11.1 Å². The monoisotopic (exact) mass is 231 g/mol. The van der Waals surface area contributed by atoms with E-state index in [4.69, 9.17) is 0 Å². The molecule has 0 aromatic heterocycles. The number of nitrogens with zero attached hydrogens (tertiary/aromatic N) is 1. The van der Waals surface area contributed by atoms with Crippen LogP contribution in [-0.4, -0.2) is 17.5 Å². The maximum Gasteiger partial charge on any atom is 0.0353 e. The second-order valence-electron chi connectivity index (χ2n) is 5.44. The number of hydrogen-bond acceptors (Lipinski definition) is 1. The van der Waals surface area contributed by atoms with Gasteiger partial charge in [0.1, 0.15) is 0 Å². The molecule has 0 saturated carbocycles. The van der Waals surface area contributed by atoms with Crippen molar-refractivity contribution in [2.75, 3.05) is 6.54 Å². The van der Waals surface area contributed by atoms with Gasteiger partial charge in [0.05, 0.1) is 0 Å². The van der Waals surface area contributed by atoms with Crippen LogP contribution in [-0.2, 0) is 6.42 Å². The molecule has 1 heteroatoms. The van der Waals surface area contributed by atoms with Crippen LogP contribution in [0, 0.1) is 0 Å². The lowest BCUT2D eigenvalue weighted by molar-refractivity contribution is 0.133. The zero-order chi connectivity index (χ0) is 12.3. The van der Waals surface area contributed by atoms with Crippen LogP contribution in [0.4, 0.5) is 0 Å². The Balaban J connectivity index is 2.25. The summed E-state index contributed by atoms with van der Waals surface area (Å²) in [4.78, 5) is 2.68. The molecule has 1 unspecified atom stereocenters. The standard InChI is InChI=1S/C16H25N/c1-4-5-10-16-15-9-7-6-8-14(15)11-12-17(16)13(2)3/h6-9,13,16H,4-5,10-12H2,1-3H3. The molecule has 0 radical (unpaired) electrons. The van der Waals surface area contributed by atoms with Gasteiger partial charge in [-0.25, -0.2) is 0 Å². The fourth-order valence-electron chi connectivity index (χ4n) is 3.01. The quantitative estimate of drug-likeness (QED) is 0.751. The van der Waals surface area contributed by atoms with E-state index in [-0.39, 0.29) is 0 Å². The van der Waals surface area contributed by atoms with Gasteiger partial charge in [0.15, 0.2) is 0 Å². The van der Waals surface area contributed by atoms with Crippen molar-refractivity contribution in [3.63, 3.8) is 0 Å². The summed E-state index contributed by atoms with van der Waals surface area (Å²) in [5.41, 5.74) is 3.16. The lowest BCUT2D eigenvalue weighted by atomic mass is 9.89. The molecule has 1 atom stereocenters. The predicted octanol–water partition coefficient (Wildman–Crippen LogP) is 4.18. The second-order valence-corrected chi connectivity index (χ2v) is 5.44. The number of unbranched alkanes of at least 4 members (excludes halogenated alkanes) is 1. The third kappa shape index (κ3) is 2.71. The van der Waals surface area contributed by atoms with Gasteiger partial charge in [0.25, 0.3) is 0 Å². The van der Waals surface area contributed by atoms with E-state index in [1.165, 1.54) is 32.2 Å². The Kier molecular flexibility index (Phi) is 4.22. The first-order valence-corrected chi connectivity index (χ1v) is 7.07. The van der Waals surface area contributed by atoms with E-state index in [1.807, 2.05) is 0 Å². The molecule has 0 fully saturated rings. The van der Waals surface area contributed by atoms with E-state index in [0.717, 1.165) is 0 Å². The van der Waals surface area contributed by atoms with E-state index >= 15 is 0 Å². The summed E-state index contributed by atoms with van der Waals surface area (Å²) in [5, 5.41) is 0. The Labute approximate surface area is 106 Å². The van der Waals surface area contributed by atoms with E-state index in [9.17, 15) is 0 Å². The number of fused-ring (bicyclic) bond motifs is 1. The van der Waals surface area contributed by atoms with Gasteiger partial charge in [0, 0.05) is 18.6 Å². The third-order valence-corrected chi connectivity index (χ3v) is 3.95. The Morgan fingerprint density at radius 1 is 1.29 bits per heavy atom. The van der Waals surface area contributed by atoms with Crippen LogP contribution in [0.1, 0.15) is 57.2 Å². The first-order chi connectivity index (χ1) is 8.24. The van der Waals surface area contributed by atoms with Crippen molar-refractivity contribution in [3.05, 3.63) is 35.4 Å². The molecule has 17 heavy (non-hydrogen) atoms. The summed E-state index contributed by atoms with van der Waals surface area (Å²) in [6.07, 6.45) is 5.16. The predicted molar refractivity (Wildman–Crippen MR) is 74.3 cm³/mol. The fraction of sp³-hybridized carbons (Fsp3) is 0.625. The van der Waals surface area contributed by atoms with Crippen molar-refractivity contribution in [1.29, 1.82) is 0 Å². The number of benzene rings is 1. The van der Waals surface area contributed by atoms with Crippen molar-refractivity contribution in [2.45, 2.75) is 58.5 Å². The third-order valence-electron chi connectivity index (χ3n) is 3.95. The molecule has 0 saturated heterocycles. The van der Waals surface area contributed by atoms with Crippen LogP contribution in [0.3, 0.4) is 0 Å². The van der Waals surface area contributed by atoms with Crippen molar-refractivity contribution in [3.8, 4) is 0 Å². The smallest absolute Gasteiger partial charge is 0.0353 e. The first kappa shape index (κ1) is 12.6. The van der Waals surface area contributed by atoms with Crippen molar-refractivity contribution < 1.29 is 0 Å². The van der Waals surface area contributed by atoms with Crippen molar-refractivity contribution in [2.24, 2.45) is 0 Å². The van der Waals surface area contributed by atoms with E-state index < -0.39 is 0 Å². The highest BCUT2D eigenvalue weighted by molar-refractivity contribution is 5.32. The summed E-state index contributed by atoms with van der Waals surface area (Å²) in [5.74, 6) is 0. The topological polar surface area (TPSA) is 3.24 Å². The van der Waals surface area contributed by atoms with Gasteiger partial charge in [-0.2, -0.15) is 0 Å². The van der Waals surface area contributed by atoms with Gasteiger partial charge in [-0.1, -0.05) is 44.0 Å². The van der Waals surface area contributed by atoms with Gasteiger partial charge in [-0.3, -0.25) is 4.90 Å². The normalized spacial score (nSPS) is 20.6. The lowest BCUT2D eigenvalue weighted by Crippen LogP contribution is -2.40. The maximum absolute atomic E-state index is 2.68. The second kappa shape index (κ2) is 5.68. The lowest BCUT2D eigenvalue weighted by Gasteiger charge is -2.40. The minimum absolute atomic E-state index is 0.653. The molecule has 0 amide bonds. The van der Waals surface area contributed by atoms with Crippen LogP contribution in [0.15, 0.2) is 24.3 Å². The Morgan fingerprint density at radius 2 is 2.06 bits per heavy atom. The molecule has 1 heterocycles. The fourth-order valence-corrected chi connectivity index (χ4v) is 3.01. The minimum Gasteiger partial charge on any atom is -0.294 e. The summed E-state index contributed by atoms with van der Waals surface area (Å²) < 4.78 is 0. The van der Waals surface area contributed by atoms with Gasteiger partial charge >= 0.3 is 0 Å². The molecule has 2 rings (SSSR count). The van der Waals surface area contributed by atoms with Crippen molar-refractivity contribution >= 4 is 0 Å². The summed E-state index contributed by atoms with van der Waals surface area (Å²) >= 11 is 0. The molecule has 0 aliphatic carbocycles. The van der Waals surface area contributed by atoms with Gasteiger partial charge < -0.3 is 0 Å². The molecule has 0 bridgehead atoms. The van der Waals surface area contributed by atoms with Crippen LogP contribution in [0.5, 0.6) is 0 Å². The zero-order valence-electron chi connectivity index (χ0n) is 11.4. The minimum atomic E-state index is 0.653. The average molecular weight is 231 g/mol. The molecule has 94 valence electrons. The SMILES string of the molecule is CCCCC1c2ccccc2CCN1C(C)C. The highest BCUT2D eigenvalue weighted by Gasteiger charge is 2.27. The maximum atomic E-state index is 2.68. The molecule has 1 aliphatic rings. The summed E-state index contributed by atoms with van der Waals surface area (Å²) in [6.45, 7) is 8.16. The largest absolute Gasteiger partial charge is 0.294 e. The molecular weight excluding hydrogens is 206 g/mol. The van der Waals surface area contributed by atoms with Gasteiger partial charge in [-0.05, 0) is 37.8 Å². The average Bonchev–Trinajstić information content (AvgIpc) is 2.35. The highest BCUT2D eigenvalue weighted by atomic mass is 15.2. The summed E-state index contributed by atoms with van der Waals surface area (Å²) in [6, 6.07) is 10.3. The Morgan fingerprint density at radius 3 is 2.76 bits per heavy atom. The van der Waals surface area contributed by atoms with Gasteiger partial charge in [0.2, 0.25) is 0 Å². The van der Waals surface area contributed by atoms with E-state index in [0.29, 0.717) is 12.1 Å². The Hall–Kier alpha value is -0.820. The number of hydrogen-bond donors (Lipinski definition) is 0. The Bertz CT molecular complexity index is 356. The molecule has 1 aromatic rings. The highest BCUT2D eigenvalue weighted by Crippen LogP contribution is 2.34. The molecular formula is C16H25N. The molecule has 1 aromatic carbocycles. The molecule has 0 N–H and O–H groups in total. The van der Waals surface area contributed by atoms with Gasteiger partial charge in [-0.15, -0.1) is 0 Å². The van der Waals surface area contributed by atoms with Crippen molar-refractivity contribution in [1.82, 2.24) is 4.90 Å². The van der Waals surface area contributed by atoms with E-state index in [2.05, 4.69) is 49.9 Å². The van der Waals surface area contributed by atoms with Crippen LogP contribution in [0.2, 0.25) is 0 Å². The molecule has 1 nitrogen and oxygen atoms in total. The molecule has 0 spiro atoms. The van der Waals surface area contributed by atoms with Crippen LogP contribution < -0.4 is 0 Å². The first-order valence-electron chi connectivity index (χ1n) is 7.07. The van der Waals surface area contributed by atoms with Crippen LogP contribution >= 0.6 is 0 Å². The van der Waals surface area contributed by atoms with Crippen LogP contribution in [0.25, 0.3) is 0 Å². The molecule has 1 aliphatic heterocycles. The summed E-state index contributed by atoms with van der Waals surface area (Å²) in [7, 11) is 0. The zero-order valence-corrected chi connectivity index (χ0v) is 11.4.